The quantitative estimate of drug-likeness (QED) is 0.764. The molecule has 0 fully saturated rings. The van der Waals surface area contributed by atoms with Crippen LogP contribution in [0.2, 0.25) is 0 Å². The second-order valence-corrected chi connectivity index (χ2v) is 4.81. The summed E-state index contributed by atoms with van der Waals surface area (Å²) >= 11 is 0. The van der Waals surface area contributed by atoms with E-state index >= 15 is 0 Å². The first-order valence-corrected chi connectivity index (χ1v) is 6.63. The summed E-state index contributed by atoms with van der Waals surface area (Å²) in [4.78, 5) is 0. The van der Waals surface area contributed by atoms with Crippen LogP contribution in [0.1, 0.15) is 25.3 Å². The topological polar surface area (TPSA) is 32.3 Å². The molecule has 0 heterocycles. The number of aliphatic hydroxyl groups excluding tert-OH is 1. The standard InChI is InChI=1S/C16H21NO/c1-13(18)6-5-11-17-12-15-9-4-8-14-7-2-3-10-16(14)15/h2-4,7-10,13,17-18H,5-6,11-12H2,1H3. The van der Waals surface area contributed by atoms with Crippen molar-refractivity contribution in [3.05, 3.63) is 48.0 Å². The number of hydrogen-bond donors (Lipinski definition) is 2. The average molecular weight is 243 g/mol. The highest BCUT2D eigenvalue weighted by molar-refractivity contribution is 5.85. The highest BCUT2D eigenvalue weighted by Gasteiger charge is 2.00. The zero-order valence-electron chi connectivity index (χ0n) is 10.9. The molecule has 96 valence electrons. The lowest BCUT2D eigenvalue weighted by Crippen LogP contribution is -2.16. The smallest absolute Gasteiger partial charge is 0.0512 e. The van der Waals surface area contributed by atoms with Crippen molar-refractivity contribution in [1.29, 1.82) is 0 Å². The van der Waals surface area contributed by atoms with Gasteiger partial charge in [0.05, 0.1) is 6.10 Å². The van der Waals surface area contributed by atoms with Crippen LogP contribution in [0.25, 0.3) is 10.8 Å². The van der Waals surface area contributed by atoms with Crippen LogP contribution < -0.4 is 5.32 Å². The second kappa shape index (κ2) is 6.53. The van der Waals surface area contributed by atoms with Crippen molar-refractivity contribution < 1.29 is 5.11 Å². The van der Waals surface area contributed by atoms with Crippen molar-refractivity contribution in [2.75, 3.05) is 6.54 Å². The van der Waals surface area contributed by atoms with Gasteiger partial charge in [-0.05, 0) is 42.6 Å². The minimum atomic E-state index is -0.190. The van der Waals surface area contributed by atoms with Crippen LogP contribution in [-0.2, 0) is 6.54 Å². The normalized spacial score (nSPS) is 12.8. The number of nitrogens with one attached hydrogen (secondary N) is 1. The maximum Gasteiger partial charge on any atom is 0.0512 e. The lowest BCUT2D eigenvalue weighted by Gasteiger charge is -2.09. The SMILES string of the molecule is CC(O)CCCNCc1cccc2ccccc12. The van der Waals surface area contributed by atoms with E-state index in [-0.39, 0.29) is 6.10 Å². The maximum atomic E-state index is 9.18. The van der Waals surface area contributed by atoms with E-state index in [0.717, 1.165) is 25.9 Å². The van der Waals surface area contributed by atoms with Crippen LogP contribution in [0.4, 0.5) is 0 Å². The molecule has 0 aromatic heterocycles. The number of rotatable bonds is 6. The monoisotopic (exact) mass is 243 g/mol. The molecule has 2 N–H and O–H groups in total. The van der Waals surface area contributed by atoms with Gasteiger partial charge in [0.1, 0.15) is 0 Å². The molecule has 0 spiro atoms. The van der Waals surface area contributed by atoms with Crippen molar-refractivity contribution in [2.45, 2.75) is 32.4 Å². The predicted molar refractivity (Wildman–Crippen MR) is 76.6 cm³/mol. The fourth-order valence-corrected chi connectivity index (χ4v) is 2.19. The van der Waals surface area contributed by atoms with E-state index in [4.69, 9.17) is 0 Å². The Kier molecular flexibility index (Phi) is 4.73. The Hall–Kier alpha value is -1.38. The predicted octanol–water partition coefficient (Wildman–Crippen LogP) is 3.09. The van der Waals surface area contributed by atoms with Crippen molar-refractivity contribution >= 4 is 10.8 Å². The third kappa shape index (κ3) is 3.56. The highest BCUT2D eigenvalue weighted by atomic mass is 16.3. The first kappa shape index (κ1) is 13.1. The Morgan fingerprint density at radius 2 is 1.89 bits per heavy atom. The van der Waals surface area contributed by atoms with Crippen molar-refractivity contribution in [2.24, 2.45) is 0 Å². The molecule has 0 aliphatic heterocycles. The molecule has 0 saturated heterocycles. The molecular weight excluding hydrogens is 222 g/mol. The highest BCUT2D eigenvalue weighted by Crippen LogP contribution is 2.18. The molecule has 0 amide bonds. The molecular formula is C16H21NO. The van der Waals surface area contributed by atoms with Gasteiger partial charge in [-0.3, -0.25) is 0 Å². The van der Waals surface area contributed by atoms with E-state index in [1.165, 1.54) is 16.3 Å². The molecule has 2 aromatic carbocycles. The van der Waals surface area contributed by atoms with Gasteiger partial charge in [-0.15, -0.1) is 0 Å². The van der Waals surface area contributed by atoms with Crippen LogP contribution in [0.5, 0.6) is 0 Å². The summed E-state index contributed by atoms with van der Waals surface area (Å²) in [6.07, 6.45) is 1.69. The number of benzene rings is 2. The van der Waals surface area contributed by atoms with Gasteiger partial charge in [-0.2, -0.15) is 0 Å². The third-order valence-corrected chi connectivity index (χ3v) is 3.17. The number of aliphatic hydroxyl groups is 1. The molecule has 0 bridgehead atoms. The zero-order valence-corrected chi connectivity index (χ0v) is 10.9. The van der Waals surface area contributed by atoms with Gasteiger partial charge in [0.2, 0.25) is 0 Å². The molecule has 0 aliphatic rings. The van der Waals surface area contributed by atoms with Crippen LogP contribution in [0.15, 0.2) is 42.5 Å². The summed E-state index contributed by atoms with van der Waals surface area (Å²) in [5.41, 5.74) is 1.34. The molecule has 2 nitrogen and oxygen atoms in total. The van der Waals surface area contributed by atoms with Gasteiger partial charge in [0.25, 0.3) is 0 Å². The lowest BCUT2D eigenvalue weighted by molar-refractivity contribution is 0.181. The molecule has 2 aromatic rings. The van der Waals surface area contributed by atoms with Crippen LogP contribution in [-0.4, -0.2) is 17.8 Å². The van der Waals surface area contributed by atoms with E-state index in [9.17, 15) is 5.11 Å². The van der Waals surface area contributed by atoms with Gasteiger partial charge in [-0.25, -0.2) is 0 Å². The van der Waals surface area contributed by atoms with Gasteiger partial charge in [-0.1, -0.05) is 42.5 Å². The molecule has 1 unspecified atom stereocenters. The Balaban J connectivity index is 1.91. The second-order valence-electron chi connectivity index (χ2n) is 4.81. The fourth-order valence-electron chi connectivity index (χ4n) is 2.19. The zero-order chi connectivity index (χ0) is 12.8. The first-order valence-electron chi connectivity index (χ1n) is 6.63. The molecule has 1 atom stereocenters. The molecule has 2 heteroatoms. The van der Waals surface area contributed by atoms with E-state index in [0.29, 0.717) is 0 Å². The summed E-state index contributed by atoms with van der Waals surface area (Å²) in [5.74, 6) is 0. The van der Waals surface area contributed by atoms with Gasteiger partial charge >= 0.3 is 0 Å². The van der Waals surface area contributed by atoms with Gasteiger partial charge in [0.15, 0.2) is 0 Å². The molecule has 18 heavy (non-hydrogen) atoms. The van der Waals surface area contributed by atoms with E-state index in [1.54, 1.807) is 0 Å². The molecule has 0 radical (unpaired) electrons. The Bertz CT molecular complexity index is 488. The van der Waals surface area contributed by atoms with Crippen LogP contribution in [0.3, 0.4) is 0 Å². The minimum Gasteiger partial charge on any atom is -0.393 e. The summed E-state index contributed by atoms with van der Waals surface area (Å²) in [6, 6.07) is 14.9. The summed E-state index contributed by atoms with van der Waals surface area (Å²) in [7, 11) is 0. The maximum absolute atomic E-state index is 9.18. The van der Waals surface area contributed by atoms with E-state index in [1.807, 2.05) is 6.92 Å². The van der Waals surface area contributed by atoms with Crippen molar-refractivity contribution in [3.63, 3.8) is 0 Å². The summed E-state index contributed by atoms with van der Waals surface area (Å²) in [6.45, 7) is 3.68. The Morgan fingerprint density at radius 1 is 1.11 bits per heavy atom. The van der Waals surface area contributed by atoms with E-state index < -0.39 is 0 Å². The Labute approximate surface area is 109 Å². The molecule has 0 saturated carbocycles. The molecule has 2 rings (SSSR count). The van der Waals surface area contributed by atoms with Gasteiger partial charge < -0.3 is 10.4 Å². The third-order valence-electron chi connectivity index (χ3n) is 3.17. The van der Waals surface area contributed by atoms with Crippen molar-refractivity contribution in [1.82, 2.24) is 5.32 Å². The van der Waals surface area contributed by atoms with Crippen molar-refractivity contribution in [3.8, 4) is 0 Å². The lowest BCUT2D eigenvalue weighted by atomic mass is 10.0. The Morgan fingerprint density at radius 3 is 2.72 bits per heavy atom. The van der Waals surface area contributed by atoms with Gasteiger partial charge in [0, 0.05) is 6.54 Å². The van der Waals surface area contributed by atoms with Crippen LogP contribution in [0, 0.1) is 0 Å². The summed E-state index contributed by atoms with van der Waals surface area (Å²) < 4.78 is 0. The van der Waals surface area contributed by atoms with E-state index in [2.05, 4.69) is 47.8 Å². The average Bonchev–Trinajstić information content (AvgIpc) is 2.38. The number of hydrogen-bond acceptors (Lipinski definition) is 2. The minimum absolute atomic E-state index is 0.190. The van der Waals surface area contributed by atoms with Crippen LogP contribution >= 0.6 is 0 Å². The summed E-state index contributed by atoms with van der Waals surface area (Å²) in [5, 5.41) is 15.2. The first-order chi connectivity index (χ1) is 8.77. The molecule has 0 aliphatic carbocycles. The number of fused-ring (bicyclic) bond motifs is 1. The largest absolute Gasteiger partial charge is 0.393 e. The fraction of sp³-hybridized carbons (Fsp3) is 0.375.